The van der Waals surface area contributed by atoms with Crippen LogP contribution in [0.3, 0.4) is 0 Å². The fourth-order valence-electron chi connectivity index (χ4n) is 1.38. The number of aliphatic carboxylic acids is 1. The molecule has 0 radical (unpaired) electrons. The summed E-state index contributed by atoms with van der Waals surface area (Å²) in [4.78, 5) is 22.0. The summed E-state index contributed by atoms with van der Waals surface area (Å²) in [6, 6.07) is 6.73. The lowest BCUT2D eigenvalue weighted by Gasteiger charge is -2.13. The van der Waals surface area contributed by atoms with E-state index in [0.717, 1.165) is 11.6 Å². The average Bonchev–Trinajstić information content (AvgIpc) is 2.39. The van der Waals surface area contributed by atoms with Crippen LogP contribution in [-0.4, -0.2) is 36.7 Å². The fraction of sp³-hybridized carbons (Fsp3) is 0.231. The summed E-state index contributed by atoms with van der Waals surface area (Å²) in [6.45, 7) is 0.0990. The van der Waals surface area contributed by atoms with Gasteiger partial charge in [-0.2, -0.15) is 0 Å². The van der Waals surface area contributed by atoms with Crippen molar-refractivity contribution in [2.75, 3.05) is 19.0 Å². The van der Waals surface area contributed by atoms with Gasteiger partial charge in [-0.05, 0) is 23.8 Å². The number of carbonyl (C=O) groups excluding carboxylic acids is 1. The van der Waals surface area contributed by atoms with Crippen molar-refractivity contribution in [3.05, 3.63) is 35.9 Å². The Morgan fingerprint density at radius 3 is 2.53 bits per heavy atom. The Balaban J connectivity index is 2.66. The molecule has 1 unspecified atom stereocenters. The number of benzene rings is 1. The number of nitrogens with two attached hydrogens (primary N) is 1. The van der Waals surface area contributed by atoms with E-state index in [-0.39, 0.29) is 12.5 Å². The Kier molecular flexibility index (Phi) is 5.72. The molecular formula is C13H16N2O4. The number of hydrogen-bond donors (Lipinski definition) is 3. The highest BCUT2D eigenvalue weighted by Crippen LogP contribution is 2.11. The largest absolute Gasteiger partial charge is 0.478 e. The van der Waals surface area contributed by atoms with Crippen molar-refractivity contribution in [1.82, 2.24) is 0 Å². The average molecular weight is 264 g/mol. The molecule has 6 heteroatoms. The number of nitrogens with one attached hydrogen (secondary N) is 1. The molecular weight excluding hydrogens is 248 g/mol. The zero-order valence-electron chi connectivity index (χ0n) is 10.5. The fourth-order valence-corrected chi connectivity index (χ4v) is 1.38. The molecule has 1 rings (SSSR count). The van der Waals surface area contributed by atoms with E-state index in [1.807, 2.05) is 0 Å². The zero-order valence-corrected chi connectivity index (χ0v) is 10.5. The van der Waals surface area contributed by atoms with E-state index in [0.29, 0.717) is 5.69 Å². The lowest BCUT2D eigenvalue weighted by Crippen LogP contribution is -2.35. The number of carboxylic acids is 1. The van der Waals surface area contributed by atoms with Gasteiger partial charge in [-0.15, -0.1) is 0 Å². The van der Waals surface area contributed by atoms with Gasteiger partial charge in [0, 0.05) is 25.4 Å². The minimum atomic E-state index is -1.01. The van der Waals surface area contributed by atoms with Gasteiger partial charge in [0.1, 0.15) is 6.10 Å². The first-order valence-electron chi connectivity index (χ1n) is 5.61. The maximum atomic E-state index is 11.7. The third-order valence-corrected chi connectivity index (χ3v) is 2.39. The standard InChI is InChI=1S/C13H16N2O4/c1-19-11(8-14)13(18)15-10-5-2-9(3-6-10)4-7-12(16)17/h2-7,11H,8,14H2,1H3,(H,15,18)(H,16,17)/b7-4+. The van der Waals surface area contributed by atoms with Crippen molar-refractivity contribution in [2.24, 2.45) is 5.73 Å². The summed E-state index contributed by atoms with van der Waals surface area (Å²) >= 11 is 0. The van der Waals surface area contributed by atoms with E-state index in [2.05, 4.69) is 5.32 Å². The van der Waals surface area contributed by atoms with Crippen molar-refractivity contribution in [3.63, 3.8) is 0 Å². The highest BCUT2D eigenvalue weighted by Gasteiger charge is 2.15. The van der Waals surface area contributed by atoms with Crippen LogP contribution < -0.4 is 11.1 Å². The zero-order chi connectivity index (χ0) is 14.3. The monoisotopic (exact) mass is 264 g/mol. The van der Waals surface area contributed by atoms with Gasteiger partial charge in [-0.25, -0.2) is 4.79 Å². The van der Waals surface area contributed by atoms with E-state index < -0.39 is 12.1 Å². The first kappa shape index (κ1) is 14.9. The number of carboxylic acid groups (broad SMARTS) is 1. The van der Waals surface area contributed by atoms with Crippen LogP contribution >= 0.6 is 0 Å². The SMILES string of the molecule is COC(CN)C(=O)Nc1ccc(/C=C/C(=O)O)cc1. The van der Waals surface area contributed by atoms with Crippen LogP contribution in [0, 0.1) is 0 Å². The summed E-state index contributed by atoms with van der Waals surface area (Å²) < 4.78 is 4.91. The van der Waals surface area contributed by atoms with Gasteiger partial charge in [-0.1, -0.05) is 12.1 Å². The summed E-state index contributed by atoms with van der Waals surface area (Å²) in [7, 11) is 1.41. The van der Waals surface area contributed by atoms with Crippen molar-refractivity contribution in [1.29, 1.82) is 0 Å². The summed E-state index contributed by atoms with van der Waals surface area (Å²) in [6.07, 6.45) is 1.82. The first-order chi connectivity index (χ1) is 9.06. The number of rotatable bonds is 6. The third kappa shape index (κ3) is 4.90. The summed E-state index contributed by atoms with van der Waals surface area (Å²) in [5.74, 6) is -1.33. The Bertz CT molecular complexity index is 464. The van der Waals surface area contributed by atoms with Crippen molar-refractivity contribution < 1.29 is 19.4 Å². The molecule has 1 amide bonds. The van der Waals surface area contributed by atoms with Gasteiger partial charge in [-0.3, -0.25) is 4.79 Å². The molecule has 1 atom stereocenters. The molecule has 0 bridgehead atoms. The van der Waals surface area contributed by atoms with Gasteiger partial charge < -0.3 is 20.9 Å². The molecule has 0 heterocycles. The molecule has 0 saturated heterocycles. The van der Waals surface area contributed by atoms with Crippen LogP contribution in [-0.2, 0) is 14.3 Å². The molecule has 0 aliphatic heterocycles. The van der Waals surface area contributed by atoms with Crippen molar-refractivity contribution in [3.8, 4) is 0 Å². The number of carbonyl (C=O) groups is 2. The van der Waals surface area contributed by atoms with Crippen molar-refractivity contribution in [2.45, 2.75) is 6.10 Å². The minimum Gasteiger partial charge on any atom is -0.478 e. The van der Waals surface area contributed by atoms with E-state index in [1.165, 1.54) is 13.2 Å². The van der Waals surface area contributed by atoms with Gasteiger partial charge in [0.05, 0.1) is 0 Å². The van der Waals surface area contributed by atoms with Gasteiger partial charge in [0.15, 0.2) is 0 Å². The number of amides is 1. The Morgan fingerprint density at radius 2 is 2.05 bits per heavy atom. The van der Waals surface area contributed by atoms with Crippen molar-refractivity contribution >= 4 is 23.6 Å². The second kappa shape index (κ2) is 7.30. The highest BCUT2D eigenvalue weighted by molar-refractivity contribution is 5.94. The summed E-state index contributed by atoms with van der Waals surface area (Å²) in [5.41, 5.74) is 6.69. The molecule has 6 nitrogen and oxygen atoms in total. The molecule has 0 aromatic heterocycles. The molecule has 0 aliphatic rings. The van der Waals surface area contributed by atoms with Crippen LogP contribution in [0.25, 0.3) is 6.08 Å². The molecule has 0 aliphatic carbocycles. The second-order valence-electron chi connectivity index (χ2n) is 3.74. The molecule has 1 aromatic carbocycles. The predicted octanol–water partition coefficient (Wildman–Crippen LogP) is 0.697. The lowest BCUT2D eigenvalue weighted by molar-refractivity contribution is -0.131. The maximum absolute atomic E-state index is 11.7. The Labute approximate surface area is 110 Å². The maximum Gasteiger partial charge on any atom is 0.328 e. The number of ether oxygens (including phenoxy) is 1. The van der Waals surface area contributed by atoms with Gasteiger partial charge in [0.25, 0.3) is 5.91 Å². The molecule has 102 valence electrons. The molecule has 0 spiro atoms. The van der Waals surface area contributed by atoms with Crippen LogP contribution in [0.4, 0.5) is 5.69 Å². The Hall–Kier alpha value is -2.18. The highest BCUT2D eigenvalue weighted by atomic mass is 16.5. The molecule has 1 aromatic rings. The van der Waals surface area contributed by atoms with Gasteiger partial charge >= 0.3 is 5.97 Å². The van der Waals surface area contributed by atoms with Crippen LogP contribution in [0.5, 0.6) is 0 Å². The molecule has 4 N–H and O–H groups in total. The second-order valence-corrected chi connectivity index (χ2v) is 3.74. The van der Waals surface area contributed by atoms with Crippen LogP contribution in [0.2, 0.25) is 0 Å². The van der Waals surface area contributed by atoms with E-state index in [1.54, 1.807) is 24.3 Å². The quantitative estimate of drug-likeness (QED) is 0.656. The first-order valence-corrected chi connectivity index (χ1v) is 5.61. The number of methoxy groups -OCH3 is 1. The summed E-state index contributed by atoms with van der Waals surface area (Å²) in [5, 5.41) is 11.1. The van der Waals surface area contributed by atoms with E-state index in [4.69, 9.17) is 15.6 Å². The van der Waals surface area contributed by atoms with E-state index in [9.17, 15) is 9.59 Å². The number of anilines is 1. The topological polar surface area (TPSA) is 102 Å². The third-order valence-electron chi connectivity index (χ3n) is 2.39. The van der Waals surface area contributed by atoms with Crippen LogP contribution in [0.1, 0.15) is 5.56 Å². The normalized spacial score (nSPS) is 12.3. The number of hydrogen-bond acceptors (Lipinski definition) is 4. The van der Waals surface area contributed by atoms with Crippen LogP contribution in [0.15, 0.2) is 30.3 Å². The van der Waals surface area contributed by atoms with E-state index >= 15 is 0 Å². The molecule has 0 saturated carbocycles. The minimum absolute atomic E-state index is 0.0990. The molecule has 19 heavy (non-hydrogen) atoms. The lowest BCUT2D eigenvalue weighted by atomic mass is 10.2. The van der Waals surface area contributed by atoms with Gasteiger partial charge in [0.2, 0.25) is 0 Å². The predicted molar refractivity (Wildman–Crippen MR) is 71.6 cm³/mol. The Morgan fingerprint density at radius 1 is 1.42 bits per heavy atom. The smallest absolute Gasteiger partial charge is 0.328 e. The molecule has 0 fully saturated rings.